The number of halogens is 1. The van der Waals surface area contributed by atoms with E-state index < -0.39 is 24.0 Å². The van der Waals surface area contributed by atoms with Crippen LogP contribution in [-0.2, 0) is 9.59 Å². The summed E-state index contributed by atoms with van der Waals surface area (Å²) in [6, 6.07) is -1.79. The Labute approximate surface area is 99.4 Å². The van der Waals surface area contributed by atoms with Gasteiger partial charge in [0.15, 0.2) is 0 Å². The fourth-order valence-electron chi connectivity index (χ4n) is 0.458. The molecule has 0 heterocycles. The second-order valence-corrected chi connectivity index (χ2v) is 5.28. The summed E-state index contributed by atoms with van der Waals surface area (Å²) < 4.78 is 0. The van der Waals surface area contributed by atoms with Crippen LogP contribution in [0.25, 0.3) is 0 Å². The van der Waals surface area contributed by atoms with E-state index in [0.717, 1.165) is 0 Å². The lowest BCUT2D eigenvalue weighted by Gasteiger charge is -2.09. The monoisotopic (exact) mass is 274 g/mol. The largest absolute Gasteiger partial charge is 0.480 e. The van der Waals surface area contributed by atoms with Crippen molar-refractivity contribution in [3.63, 3.8) is 0 Å². The SMILES string of the molecule is NC(CSSCC(NCl)C(=O)O)C(=O)O. The molecule has 0 aromatic heterocycles. The molecule has 0 fully saturated rings. The number of aliphatic carboxylic acids is 2. The Bertz CT molecular complexity index is 231. The molecule has 88 valence electrons. The standard InChI is InChI=1S/C6H11ClN2O4S2/c7-9-4(6(12)13)2-15-14-1-3(8)5(10)11/h3-4,9H,1-2,8H2,(H,10,11)(H,12,13). The lowest BCUT2D eigenvalue weighted by molar-refractivity contribution is -0.139. The van der Waals surface area contributed by atoms with Gasteiger partial charge in [-0.1, -0.05) is 21.6 Å². The molecule has 0 rings (SSSR count). The van der Waals surface area contributed by atoms with Crippen LogP contribution < -0.4 is 10.6 Å². The molecule has 2 atom stereocenters. The van der Waals surface area contributed by atoms with E-state index in [0.29, 0.717) is 0 Å². The number of carbonyl (C=O) groups is 2. The third kappa shape index (κ3) is 6.85. The first-order chi connectivity index (χ1) is 6.99. The van der Waals surface area contributed by atoms with Gasteiger partial charge in [-0.3, -0.25) is 9.59 Å². The van der Waals surface area contributed by atoms with E-state index >= 15 is 0 Å². The topological polar surface area (TPSA) is 113 Å². The summed E-state index contributed by atoms with van der Waals surface area (Å²) in [5.74, 6) is -1.68. The number of carboxylic acid groups (broad SMARTS) is 2. The Hall–Kier alpha value is -0.150. The zero-order chi connectivity index (χ0) is 11.8. The second kappa shape index (κ2) is 8.05. The summed E-state index contributed by atoms with van der Waals surface area (Å²) in [5, 5.41) is 17.0. The normalized spacial score (nSPS) is 14.5. The third-order valence-electron chi connectivity index (χ3n) is 1.31. The summed E-state index contributed by atoms with van der Waals surface area (Å²) in [6.07, 6.45) is 0. The Morgan fingerprint density at radius 3 is 2.20 bits per heavy atom. The molecule has 0 saturated heterocycles. The van der Waals surface area contributed by atoms with Crippen molar-refractivity contribution in [3.8, 4) is 0 Å². The quantitative estimate of drug-likeness (QED) is 0.277. The smallest absolute Gasteiger partial charge is 0.322 e. The van der Waals surface area contributed by atoms with E-state index in [2.05, 4.69) is 4.84 Å². The van der Waals surface area contributed by atoms with E-state index in [1.807, 2.05) is 0 Å². The summed E-state index contributed by atoms with van der Waals surface area (Å²) in [7, 11) is 2.41. The molecule has 6 nitrogen and oxygen atoms in total. The fourth-order valence-corrected chi connectivity index (χ4v) is 2.99. The Kier molecular flexibility index (Phi) is 7.97. The van der Waals surface area contributed by atoms with Crippen LogP contribution in [0.3, 0.4) is 0 Å². The number of rotatable bonds is 8. The zero-order valence-corrected chi connectivity index (χ0v) is 9.94. The van der Waals surface area contributed by atoms with Crippen molar-refractivity contribution >= 4 is 45.3 Å². The van der Waals surface area contributed by atoms with E-state index in [-0.39, 0.29) is 11.5 Å². The maximum Gasteiger partial charge on any atom is 0.322 e. The highest BCUT2D eigenvalue weighted by Crippen LogP contribution is 2.22. The molecule has 0 amide bonds. The van der Waals surface area contributed by atoms with E-state index in [9.17, 15) is 9.59 Å². The van der Waals surface area contributed by atoms with Crippen molar-refractivity contribution < 1.29 is 19.8 Å². The molecule has 2 unspecified atom stereocenters. The molecule has 0 saturated carbocycles. The van der Waals surface area contributed by atoms with Gasteiger partial charge in [0.05, 0.1) is 0 Å². The van der Waals surface area contributed by atoms with Gasteiger partial charge in [-0.25, -0.2) is 4.84 Å². The summed E-state index contributed by atoms with van der Waals surface area (Å²) >= 11 is 5.18. The van der Waals surface area contributed by atoms with Crippen molar-refractivity contribution in [3.05, 3.63) is 0 Å². The second-order valence-electron chi connectivity index (χ2n) is 2.51. The number of nitrogens with two attached hydrogens (primary N) is 1. The molecular weight excluding hydrogens is 264 g/mol. The van der Waals surface area contributed by atoms with Crippen molar-refractivity contribution in [1.29, 1.82) is 0 Å². The Balaban J connectivity index is 3.61. The summed E-state index contributed by atoms with van der Waals surface area (Å²) in [4.78, 5) is 22.9. The minimum Gasteiger partial charge on any atom is -0.480 e. The van der Waals surface area contributed by atoms with E-state index in [1.54, 1.807) is 0 Å². The summed E-state index contributed by atoms with van der Waals surface area (Å²) in [5.41, 5.74) is 5.23. The van der Waals surface area contributed by atoms with Crippen LogP contribution in [0.1, 0.15) is 0 Å². The van der Waals surface area contributed by atoms with E-state index in [1.165, 1.54) is 21.6 Å². The average molecular weight is 275 g/mol. The summed E-state index contributed by atoms with van der Waals surface area (Å²) in [6.45, 7) is 0. The molecule has 9 heteroatoms. The van der Waals surface area contributed by atoms with Crippen LogP contribution in [0.15, 0.2) is 0 Å². The van der Waals surface area contributed by atoms with Crippen LogP contribution >= 0.6 is 33.4 Å². The number of hydrogen-bond donors (Lipinski definition) is 4. The first kappa shape index (κ1) is 14.8. The molecule has 5 N–H and O–H groups in total. The minimum atomic E-state index is -1.08. The molecule has 0 aliphatic carbocycles. The van der Waals surface area contributed by atoms with Crippen LogP contribution in [0.2, 0.25) is 0 Å². The van der Waals surface area contributed by atoms with Gasteiger partial charge in [0.1, 0.15) is 12.1 Å². The molecule has 0 radical (unpaired) electrons. The van der Waals surface area contributed by atoms with Gasteiger partial charge in [0.25, 0.3) is 0 Å². The van der Waals surface area contributed by atoms with Crippen molar-refractivity contribution in [2.45, 2.75) is 12.1 Å². The fraction of sp³-hybridized carbons (Fsp3) is 0.667. The number of hydrogen-bond acceptors (Lipinski definition) is 6. The highest BCUT2D eigenvalue weighted by molar-refractivity contribution is 8.76. The van der Waals surface area contributed by atoms with Gasteiger partial charge in [0, 0.05) is 11.5 Å². The third-order valence-corrected chi connectivity index (χ3v) is 4.02. The lowest BCUT2D eigenvalue weighted by Crippen LogP contribution is -2.33. The predicted molar refractivity (Wildman–Crippen MR) is 60.9 cm³/mol. The highest BCUT2D eigenvalue weighted by Gasteiger charge is 2.17. The predicted octanol–water partition coefficient (Wildman–Crippen LogP) is -0.0237. The van der Waals surface area contributed by atoms with Crippen molar-refractivity contribution in [1.82, 2.24) is 4.84 Å². The van der Waals surface area contributed by atoms with Crippen molar-refractivity contribution in [2.24, 2.45) is 5.73 Å². The number of carboxylic acids is 2. The molecule has 0 aromatic carbocycles. The van der Waals surface area contributed by atoms with Crippen LogP contribution in [0.5, 0.6) is 0 Å². The van der Waals surface area contributed by atoms with Crippen LogP contribution in [-0.4, -0.2) is 45.7 Å². The number of nitrogens with one attached hydrogen (secondary N) is 1. The molecular formula is C6H11ClN2O4S2. The van der Waals surface area contributed by atoms with Gasteiger partial charge in [0.2, 0.25) is 0 Å². The average Bonchev–Trinajstić information content (AvgIpc) is 2.16. The zero-order valence-electron chi connectivity index (χ0n) is 7.55. The maximum absolute atomic E-state index is 10.5. The lowest BCUT2D eigenvalue weighted by atomic mass is 10.4. The molecule has 0 aromatic rings. The highest BCUT2D eigenvalue weighted by atomic mass is 35.5. The molecule has 15 heavy (non-hydrogen) atoms. The van der Waals surface area contributed by atoms with Crippen LogP contribution in [0.4, 0.5) is 0 Å². The Morgan fingerprint density at radius 1 is 1.27 bits per heavy atom. The first-order valence-electron chi connectivity index (χ1n) is 3.80. The van der Waals surface area contributed by atoms with Gasteiger partial charge < -0.3 is 15.9 Å². The van der Waals surface area contributed by atoms with Gasteiger partial charge in [-0.05, 0) is 11.8 Å². The Morgan fingerprint density at radius 2 is 1.80 bits per heavy atom. The van der Waals surface area contributed by atoms with Crippen LogP contribution in [0, 0.1) is 0 Å². The van der Waals surface area contributed by atoms with Crippen molar-refractivity contribution in [2.75, 3.05) is 11.5 Å². The minimum absolute atomic E-state index is 0.217. The molecule has 0 aliphatic rings. The first-order valence-corrected chi connectivity index (χ1v) is 6.67. The molecule has 0 aliphatic heterocycles. The molecule has 0 spiro atoms. The van der Waals surface area contributed by atoms with Gasteiger partial charge in [-0.15, -0.1) is 0 Å². The van der Waals surface area contributed by atoms with Gasteiger partial charge >= 0.3 is 11.9 Å². The molecule has 0 bridgehead atoms. The maximum atomic E-state index is 10.5. The van der Waals surface area contributed by atoms with E-state index in [4.69, 9.17) is 27.7 Å². The van der Waals surface area contributed by atoms with Gasteiger partial charge in [-0.2, -0.15) is 0 Å².